The van der Waals surface area contributed by atoms with Gasteiger partial charge in [-0.3, -0.25) is 0 Å². The first-order valence-corrected chi connectivity index (χ1v) is 10.2. The molecule has 1 fully saturated rings. The van der Waals surface area contributed by atoms with Gasteiger partial charge in [-0.15, -0.1) is 0 Å². The number of sulfonamides is 1. The van der Waals surface area contributed by atoms with Crippen molar-refractivity contribution in [3.05, 3.63) is 48.3 Å². The number of anilines is 1. The molecule has 1 aromatic heterocycles. The fraction of sp³-hybridized carbons (Fsp3) is 0.444. The van der Waals surface area contributed by atoms with Gasteiger partial charge in [0.15, 0.2) is 0 Å². The minimum absolute atomic E-state index is 0.0553. The van der Waals surface area contributed by atoms with Gasteiger partial charge in [-0.25, -0.2) is 23.1 Å². The Morgan fingerprint density at radius 2 is 1.76 bits per heavy atom. The van der Waals surface area contributed by atoms with Gasteiger partial charge in [-0.2, -0.15) is 0 Å². The summed E-state index contributed by atoms with van der Waals surface area (Å²) in [5.74, 6) is 0.704. The van der Waals surface area contributed by atoms with E-state index in [0.29, 0.717) is 10.8 Å². The van der Waals surface area contributed by atoms with Gasteiger partial charge in [0.2, 0.25) is 16.0 Å². The largest absolute Gasteiger partial charge is 0.341 e. The molecule has 6 nitrogen and oxygen atoms in total. The highest BCUT2D eigenvalue weighted by molar-refractivity contribution is 7.89. The molecule has 0 unspecified atom stereocenters. The van der Waals surface area contributed by atoms with Gasteiger partial charge in [0.1, 0.15) is 0 Å². The molecule has 1 aliphatic rings. The van der Waals surface area contributed by atoms with Crippen LogP contribution < -0.4 is 9.62 Å². The number of aryl methyl sites for hydroxylation is 1. The molecule has 0 radical (unpaired) electrons. The quantitative estimate of drug-likeness (QED) is 0.856. The van der Waals surface area contributed by atoms with Crippen molar-refractivity contribution in [2.45, 2.75) is 43.5 Å². The van der Waals surface area contributed by atoms with Crippen LogP contribution in [0, 0.1) is 0 Å². The molecule has 0 amide bonds. The summed E-state index contributed by atoms with van der Waals surface area (Å²) >= 11 is 0. The smallest absolute Gasteiger partial charge is 0.240 e. The first-order valence-electron chi connectivity index (χ1n) is 8.72. The second kappa shape index (κ2) is 7.93. The first-order chi connectivity index (χ1) is 12.1. The average Bonchev–Trinajstić information content (AvgIpc) is 2.63. The van der Waals surface area contributed by atoms with Crippen molar-refractivity contribution >= 4 is 16.0 Å². The zero-order valence-corrected chi connectivity index (χ0v) is 15.2. The topological polar surface area (TPSA) is 75.2 Å². The Hall–Kier alpha value is -1.99. The highest BCUT2D eigenvalue weighted by Crippen LogP contribution is 2.18. The second-order valence-electron chi connectivity index (χ2n) is 6.33. The van der Waals surface area contributed by atoms with E-state index in [-0.39, 0.29) is 6.04 Å². The van der Waals surface area contributed by atoms with E-state index in [9.17, 15) is 8.42 Å². The molecule has 2 heterocycles. The Labute approximate surface area is 149 Å². The molecule has 134 valence electrons. The summed E-state index contributed by atoms with van der Waals surface area (Å²) in [4.78, 5) is 10.9. The van der Waals surface area contributed by atoms with Crippen LogP contribution >= 0.6 is 0 Å². The van der Waals surface area contributed by atoms with Gasteiger partial charge in [-0.1, -0.05) is 25.5 Å². The number of rotatable bonds is 6. The van der Waals surface area contributed by atoms with E-state index >= 15 is 0 Å². The van der Waals surface area contributed by atoms with Crippen LogP contribution in [0.5, 0.6) is 0 Å². The summed E-state index contributed by atoms with van der Waals surface area (Å²) in [6.45, 7) is 3.60. The monoisotopic (exact) mass is 360 g/mol. The van der Waals surface area contributed by atoms with Gasteiger partial charge in [-0.05, 0) is 43.0 Å². The number of benzene rings is 1. The SMILES string of the molecule is CCCc1ccc(S(=O)(=O)NC2CCN(c3ncccn3)CC2)cc1. The molecule has 1 aliphatic heterocycles. The molecule has 2 aromatic rings. The fourth-order valence-electron chi connectivity index (χ4n) is 3.06. The minimum Gasteiger partial charge on any atom is -0.341 e. The molecule has 0 spiro atoms. The zero-order chi connectivity index (χ0) is 17.7. The second-order valence-corrected chi connectivity index (χ2v) is 8.04. The third-order valence-corrected chi connectivity index (χ3v) is 5.96. The van der Waals surface area contributed by atoms with Crippen molar-refractivity contribution < 1.29 is 8.42 Å². The van der Waals surface area contributed by atoms with Crippen LogP contribution in [0.15, 0.2) is 47.6 Å². The molecular weight excluding hydrogens is 336 g/mol. The van der Waals surface area contributed by atoms with E-state index in [1.165, 1.54) is 0 Å². The molecule has 1 aromatic carbocycles. The predicted molar refractivity (Wildman–Crippen MR) is 98.0 cm³/mol. The number of nitrogens with zero attached hydrogens (tertiary/aromatic N) is 3. The summed E-state index contributed by atoms with van der Waals surface area (Å²) in [5.41, 5.74) is 1.16. The lowest BCUT2D eigenvalue weighted by molar-refractivity contribution is 0.456. The van der Waals surface area contributed by atoms with Crippen LogP contribution in [0.2, 0.25) is 0 Å². The van der Waals surface area contributed by atoms with Crippen LogP contribution in [-0.4, -0.2) is 37.5 Å². The molecule has 0 saturated carbocycles. The lowest BCUT2D eigenvalue weighted by atomic mass is 10.1. The van der Waals surface area contributed by atoms with Crippen molar-refractivity contribution in [3.8, 4) is 0 Å². The van der Waals surface area contributed by atoms with Crippen LogP contribution in [0.4, 0.5) is 5.95 Å². The Balaban J connectivity index is 1.59. The van der Waals surface area contributed by atoms with Crippen molar-refractivity contribution in [1.82, 2.24) is 14.7 Å². The highest BCUT2D eigenvalue weighted by atomic mass is 32.2. The Morgan fingerprint density at radius 3 is 2.36 bits per heavy atom. The van der Waals surface area contributed by atoms with Crippen LogP contribution in [0.1, 0.15) is 31.7 Å². The average molecular weight is 360 g/mol. The molecule has 7 heteroatoms. The third kappa shape index (κ3) is 4.55. The molecular formula is C18H24N4O2S. The maximum absolute atomic E-state index is 12.6. The number of aromatic nitrogens is 2. The minimum atomic E-state index is -3.47. The molecule has 1 saturated heterocycles. The Morgan fingerprint density at radius 1 is 1.12 bits per heavy atom. The highest BCUT2D eigenvalue weighted by Gasteiger charge is 2.25. The molecule has 1 N–H and O–H groups in total. The predicted octanol–water partition coefficient (Wildman–Crippen LogP) is 2.38. The summed E-state index contributed by atoms with van der Waals surface area (Å²) in [7, 11) is -3.47. The summed E-state index contributed by atoms with van der Waals surface area (Å²) in [6.07, 6.45) is 6.94. The van der Waals surface area contributed by atoms with Crippen LogP contribution in [0.25, 0.3) is 0 Å². The van der Waals surface area contributed by atoms with Crippen molar-refractivity contribution in [1.29, 1.82) is 0 Å². The summed E-state index contributed by atoms with van der Waals surface area (Å²) in [6, 6.07) is 8.91. The summed E-state index contributed by atoms with van der Waals surface area (Å²) < 4.78 is 28.0. The lowest BCUT2D eigenvalue weighted by Crippen LogP contribution is -2.45. The number of hydrogen-bond donors (Lipinski definition) is 1. The van der Waals surface area contributed by atoms with Crippen molar-refractivity contribution in [2.24, 2.45) is 0 Å². The van der Waals surface area contributed by atoms with Gasteiger partial charge in [0.05, 0.1) is 4.90 Å². The number of hydrogen-bond acceptors (Lipinski definition) is 5. The van der Waals surface area contributed by atoms with Gasteiger partial charge in [0, 0.05) is 31.5 Å². The Bertz CT molecular complexity index is 770. The molecule has 25 heavy (non-hydrogen) atoms. The van der Waals surface area contributed by atoms with E-state index in [1.54, 1.807) is 30.6 Å². The standard InChI is InChI=1S/C18H24N4O2S/c1-2-4-15-5-7-17(8-6-15)25(23,24)21-16-9-13-22(14-10-16)18-19-11-3-12-20-18/h3,5-8,11-12,16,21H,2,4,9-10,13-14H2,1H3. The van der Waals surface area contributed by atoms with E-state index in [1.807, 2.05) is 12.1 Å². The van der Waals surface area contributed by atoms with Gasteiger partial charge >= 0.3 is 0 Å². The summed E-state index contributed by atoms with van der Waals surface area (Å²) in [5, 5.41) is 0. The van der Waals surface area contributed by atoms with E-state index in [0.717, 1.165) is 44.3 Å². The van der Waals surface area contributed by atoms with Crippen molar-refractivity contribution in [2.75, 3.05) is 18.0 Å². The maximum Gasteiger partial charge on any atom is 0.240 e. The van der Waals surface area contributed by atoms with E-state index in [2.05, 4.69) is 26.5 Å². The van der Waals surface area contributed by atoms with Crippen LogP contribution in [0.3, 0.4) is 0 Å². The Kier molecular flexibility index (Phi) is 5.65. The van der Waals surface area contributed by atoms with Crippen molar-refractivity contribution in [3.63, 3.8) is 0 Å². The van der Waals surface area contributed by atoms with Gasteiger partial charge < -0.3 is 4.90 Å². The number of nitrogens with one attached hydrogen (secondary N) is 1. The van der Waals surface area contributed by atoms with Gasteiger partial charge in [0.25, 0.3) is 0 Å². The fourth-order valence-corrected chi connectivity index (χ4v) is 4.37. The first kappa shape index (κ1) is 17.8. The molecule has 3 rings (SSSR count). The third-order valence-electron chi connectivity index (χ3n) is 4.42. The zero-order valence-electron chi connectivity index (χ0n) is 14.4. The maximum atomic E-state index is 12.6. The number of piperidine rings is 1. The van der Waals surface area contributed by atoms with Crippen LogP contribution in [-0.2, 0) is 16.4 Å². The van der Waals surface area contributed by atoms with E-state index in [4.69, 9.17) is 0 Å². The normalized spacial score (nSPS) is 16.1. The lowest BCUT2D eigenvalue weighted by Gasteiger charge is -2.32. The molecule has 0 atom stereocenters. The molecule has 0 aliphatic carbocycles. The van der Waals surface area contributed by atoms with E-state index < -0.39 is 10.0 Å². The molecule has 0 bridgehead atoms.